The van der Waals surface area contributed by atoms with E-state index in [4.69, 9.17) is 16.3 Å². The highest BCUT2D eigenvalue weighted by atomic mass is 35.5. The third-order valence-electron chi connectivity index (χ3n) is 4.86. The summed E-state index contributed by atoms with van der Waals surface area (Å²) in [5.74, 6) is 1.46. The van der Waals surface area contributed by atoms with Gasteiger partial charge in [0.2, 0.25) is 0 Å². The molecule has 0 amide bonds. The fraction of sp³-hybridized carbons (Fsp3) is 0.524. The molecule has 154 valence electrons. The lowest BCUT2D eigenvalue weighted by Crippen LogP contribution is -2.46. The molecule has 1 heterocycles. The molecule has 1 aromatic carbocycles. The van der Waals surface area contributed by atoms with Crippen LogP contribution in [0.3, 0.4) is 0 Å². The van der Waals surface area contributed by atoms with Crippen LogP contribution in [0.25, 0.3) is 0 Å². The van der Waals surface area contributed by atoms with Crippen LogP contribution >= 0.6 is 11.6 Å². The van der Waals surface area contributed by atoms with Crippen LogP contribution in [0.15, 0.2) is 29.3 Å². The summed E-state index contributed by atoms with van der Waals surface area (Å²) in [7, 11) is 3.76. The molecule has 2 atom stereocenters. The van der Waals surface area contributed by atoms with Crippen molar-refractivity contribution >= 4 is 17.6 Å². The van der Waals surface area contributed by atoms with Gasteiger partial charge in [-0.15, -0.1) is 0 Å². The highest BCUT2D eigenvalue weighted by Crippen LogP contribution is 2.24. The molecule has 0 radical (unpaired) electrons. The average molecular weight is 406 g/mol. The predicted octanol–water partition coefficient (Wildman–Crippen LogP) is 3.64. The lowest BCUT2D eigenvalue weighted by Gasteiger charge is -2.22. The summed E-state index contributed by atoms with van der Waals surface area (Å²) >= 11 is 6.20. The maximum absolute atomic E-state index is 6.20. The highest BCUT2D eigenvalue weighted by molar-refractivity contribution is 6.32. The van der Waals surface area contributed by atoms with Crippen molar-refractivity contribution < 1.29 is 4.74 Å². The first-order valence-corrected chi connectivity index (χ1v) is 10.1. The van der Waals surface area contributed by atoms with E-state index in [0.717, 1.165) is 24.5 Å². The maximum atomic E-state index is 6.20. The van der Waals surface area contributed by atoms with Gasteiger partial charge < -0.3 is 15.4 Å². The van der Waals surface area contributed by atoms with E-state index in [0.29, 0.717) is 17.3 Å². The van der Waals surface area contributed by atoms with Gasteiger partial charge >= 0.3 is 0 Å². The number of nitrogens with one attached hydrogen (secondary N) is 2. The Hall–Kier alpha value is -2.21. The molecule has 2 rings (SSSR count). The van der Waals surface area contributed by atoms with Gasteiger partial charge in [-0.3, -0.25) is 9.67 Å². The summed E-state index contributed by atoms with van der Waals surface area (Å²) in [6, 6.07) is 7.76. The number of aryl methyl sites for hydroxylation is 2. The number of aromatic nitrogens is 2. The van der Waals surface area contributed by atoms with Crippen molar-refractivity contribution in [1.82, 2.24) is 20.4 Å². The summed E-state index contributed by atoms with van der Waals surface area (Å²) in [6.45, 7) is 9.04. The number of hydrogen-bond donors (Lipinski definition) is 2. The van der Waals surface area contributed by atoms with Gasteiger partial charge in [-0.1, -0.05) is 30.7 Å². The molecular weight excluding hydrogens is 374 g/mol. The molecule has 2 aromatic rings. The molecule has 0 bridgehead atoms. The molecule has 28 heavy (non-hydrogen) atoms. The number of rotatable bonds is 8. The quantitative estimate of drug-likeness (QED) is 0.519. The van der Waals surface area contributed by atoms with Crippen molar-refractivity contribution in [2.24, 2.45) is 12.0 Å². The number of nitrogens with zero attached hydrogens (tertiary/aromatic N) is 3. The van der Waals surface area contributed by atoms with Crippen LogP contribution in [0.5, 0.6) is 5.75 Å². The SMILES string of the molecule is CCC(CNC(=NC)NC(C)Cc1c(C)nn(C)c1C)Oc1ccccc1Cl. The number of guanidine groups is 1. The van der Waals surface area contributed by atoms with Crippen molar-refractivity contribution in [3.05, 3.63) is 46.2 Å². The molecule has 0 fully saturated rings. The Bertz CT molecular complexity index is 802. The van der Waals surface area contributed by atoms with Crippen LogP contribution in [0.1, 0.15) is 37.2 Å². The van der Waals surface area contributed by atoms with Gasteiger partial charge in [-0.05, 0) is 51.3 Å². The van der Waals surface area contributed by atoms with E-state index in [1.807, 2.05) is 36.0 Å². The Balaban J connectivity index is 1.89. The lowest BCUT2D eigenvalue weighted by molar-refractivity contribution is 0.199. The van der Waals surface area contributed by atoms with Gasteiger partial charge in [0.25, 0.3) is 0 Å². The Morgan fingerprint density at radius 1 is 1.32 bits per heavy atom. The first-order chi connectivity index (χ1) is 13.3. The minimum absolute atomic E-state index is 0.00318. The number of para-hydroxylation sites is 1. The molecule has 2 unspecified atom stereocenters. The second kappa shape index (κ2) is 10.4. The summed E-state index contributed by atoms with van der Waals surface area (Å²) in [5.41, 5.74) is 3.57. The van der Waals surface area contributed by atoms with E-state index >= 15 is 0 Å². The second-order valence-electron chi connectivity index (χ2n) is 7.05. The number of ether oxygens (including phenoxy) is 1. The Kier molecular flexibility index (Phi) is 8.18. The largest absolute Gasteiger partial charge is 0.487 e. The minimum atomic E-state index is -0.00318. The van der Waals surface area contributed by atoms with Crippen LogP contribution in [-0.2, 0) is 13.5 Å². The van der Waals surface area contributed by atoms with Crippen LogP contribution in [-0.4, -0.2) is 41.5 Å². The monoisotopic (exact) mass is 405 g/mol. The lowest BCUT2D eigenvalue weighted by atomic mass is 10.1. The zero-order valence-corrected chi connectivity index (χ0v) is 18.5. The molecule has 7 heteroatoms. The van der Waals surface area contributed by atoms with E-state index in [1.54, 1.807) is 7.05 Å². The number of aliphatic imine (C=N–C) groups is 1. The van der Waals surface area contributed by atoms with Gasteiger partial charge in [0.1, 0.15) is 11.9 Å². The first kappa shape index (κ1) is 22.1. The summed E-state index contributed by atoms with van der Waals surface area (Å²) in [6.07, 6.45) is 1.75. The van der Waals surface area contributed by atoms with Crippen molar-refractivity contribution in [3.63, 3.8) is 0 Å². The minimum Gasteiger partial charge on any atom is -0.487 e. The molecule has 1 aromatic heterocycles. The number of halogens is 1. The van der Waals surface area contributed by atoms with Gasteiger partial charge in [0, 0.05) is 25.8 Å². The zero-order chi connectivity index (χ0) is 20.7. The average Bonchev–Trinajstić information content (AvgIpc) is 2.91. The maximum Gasteiger partial charge on any atom is 0.191 e. The molecule has 0 aliphatic heterocycles. The molecular formula is C21H32ClN5O. The molecule has 6 nitrogen and oxygen atoms in total. The van der Waals surface area contributed by atoms with E-state index in [-0.39, 0.29) is 12.1 Å². The van der Waals surface area contributed by atoms with Gasteiger partial charge in [-0.25, -0.2) is 0 Å². The van der Waals surface area contributed by atoms with E-state index in [2.05, 4.69) is 48.4 Å². The fourth-order valence-corrected chi connectivity index (χ4v) is 3.28. The Morgan fingerprint density at radius 2 is 2.04 bits per heavy atom. The molecule has 0 saturated heterocycles. The summed E-state index contributed by atoms with van der Waals surface area (Å²) in [5, 5.41) is 11.9. The smallest absolute Gasteiger partial charge is 0.191 e. The van der Waals surface area contributed by atoms with Crippen LogP contribution in [0.4, 0.5) is 0 Å². The van der Waals surface area contributed by atoms with Crippen molar-refractivity contribution in [3.8, 4) is 5.75 Å². The third kappa shape index (κ3) is 5.89. The Morgan fingerprint density at radius 3 is 2.61 bits per heavy atom. The van der Waals surface area contributed by atoms with Crippen LogP contribution in [0, 0.1) is 13.8 Å². The van der Waals surface area contributed by atoms with Crippen LogP contribution in [0.2, 0.25) is 5.02 Å². The summed E-state index contributed by atoms with van der Waals surface area (Å²) in [4.78, 5) is 4.34. The number of benzene rings is 1. The third-order valence-corrected chi connectivity index (χ3v) is 5.17. The fourth-order valence-electron chi connectivity index (χ4n) is 3.10. The van der Waals surface area contributed by atoms with Gasteiger partial charge in [0.15, 0.2) is 5.96 Å². The van der Waals surface area contributed by atoms with Crippen molar-refractivity contribution in [1.29, 1.82) is 0 Å². The first-order valence-electron chi connectivity index (χ1n) is 9.73. The van der Waals surface area contributed by atoms with Crippen molar-refractivity contribution in [2.75, 3.05) is 13.6 Å². The molecule has 0 aliphatic carbocycles. The van der Waals surface area contributed by atoms with Crippen molar-refractivity contribution in [2.45, 2.75) is 52.7 Å². The Labute approximate surface area is 173 Å². The molecule has 0 saturated carbocycles. The topological polar surface area (TPSA) is 63.5 Å². The standard InChI is InChI=1S/C21H32ClN5O/c1-7-17(28-20-11-9-8-10-19(20)22)13-24-21(23-5)25-14(2)12-18-15(3)26-27(6)16(18)4/h8-11,14,17H,7,12-13H2,1-6H3,(H2,23,24,25). The predicted molar refractivity (Wildman–Crippen MR) is 117 cm³/mol. The van der Waals surface area contributed by atoms with Gasteiger partial charge in [0.05, 0.1) is 17.3 Å². The summed E-state index contributed by atoms with van der Waals surface area (Å²) < 4.78 is 7.97. The molecule has 0 spiro atoms. The van der Waals surface area contributed by atoms with E-state index in [1.165, 1.54) is 11.3 Å². The molecule has 2 N–H and O–H groups in total. The zero-order valence-electron chi connectivity index (χ0n) is 17.7. The van der Waals surface area contributed by atoms with Crippen LogP contribution < -0.4 is 15.4 Å². The van der Waals surface area contributed by atoms with Gasteiger partial charge in [-0.2, -0.15) is 5.10 Å². The second-order valence-corrected chi connectivity index (χ2v) is 7.46. The number of hydrogen-bond acceptors (Lipinski definition) is 3. The highest BCUT2D eigenvalue weighted by Gasteiger charge is 2.15. The molecule has 0 aliphatic rings. The normalized spacial score (nSPS) is 13.9. The van der Waals surface area contributed by atoms with E-state index in [9.17, 15) is 0 Å². The van der Waals surface area contributed by atoms with E-state index < -0.39 is 0 Å².